The Labute approximate surface area is 183 Å². The number of anilines is 1. The number of hydrogen-bond acceptors (Lipinski definition) is 6. The molecule has 1 N–H and O–H groups in total. The molecule has 142 valence electrons. The summed E-state index contributed by atoms with van der Waals surface area (Å²) in [4.78, 5) is 21.8. The van der Waals surface area contributed by atoms with Gasteiger partial charge in [0.1, 0.15) is 16.1 Å². The lowest BCUT2D eigenvalue weighted by atomic mass is 10.2. The van der Waals surface area contributed by atoms with Crippen LogP contribution in [0.2, 0.25) is 0 Å². The average molecular weight is 481 g/mol. The Bertz CT molecular complexity index is 1230. The maximum absolute atomic E-state index is 12.4. The molecule has 0 bridgehead atoms. The highest BCUT2D eigenvalue weighted by atomic mass is 79.9. The number of nitrogens with zero attached hydrogens (tertiary/aromatic N) is 3. The molecule has 2 heterocycles. The van der Waals surface area contributed by atoms with Crippen molar-refractivity contribution in [3.8, 4) is 17.5 Å². The van der Waals surface area contributed by atoms with Crippen molar-refractivity contribution in [3.63, 3.8) is 0 Å². The first kappa shape index (κ1) is 19.6. The Morgan fingerprint density at radius 2 is 1.93 bits per heavy atom. The standard InChI is InChI=1S/C21H13BrN4OS2/c22-15-7-5-13(6-8-15)19-24-17-4-2-1-3-16(17)21(26-19)29-12-18(27)25-20-14(11-23)9-10-28-20/h1-10H,12H2,(H,25,27). The van der Waals surface area contributed by atoms with Crippen molar-refractivity contribution in [3.05, 3.63) is 70.0 Å². The summed E-state index contributed by atoms with van der Waals surface area (Å²) in [5, 5.41) is 15.9. The molecule has 2 aromatic carbocycles. The largest absolute Gasteiger partial charge is 0.316 e. The van der Waals surface area contributed by atoms with Crippen molar-refractivity contribution in [2.24, 2.45) is 0 Å². The Balaban J connectivity index is 1.60. The van der Waals surface area contributed by atoms with Crippen LogP contribution in [0.15, 0.2) is 69.5 Å². The van der Waals surface area contributed by atoms with Crippen LogP contribution in [0, 0.1) is 11.3 Å². The highest BCUT2D eigenvalue weighted by Crippen LogP contribution is 2.29. The number of carbonyl (C=O) groups excluding carboxylic acids is 1. The number of carbonyl (C=O) groups is 1. The van der Waals surface area contributed by atoms with E-state index in [4.69, 9.17) is 10.2 Å². The summed E-state index contributed by atoms with van der Waals surface area (Å²) in [5.41, 5.74) is 2.20. The first-order chi connectivity index (χ1) is 14.1. The van der Waals surface area contributed by atoms with E-state index in [1.807, 2.05) is 48.5 Å². The maximum atomic E-state index is 12.4. The van der Waals surface area contributed by atoms with Gasteiger partial charge in [-0.05, 0) is 29.6 Å². The Morgan fingerprint density at radius 1 is 1.14 bits per heavy atom. The molecule has 0 aliphatic rings. The van der Waals surface area contributed by atoms with Crippen LogP contribution >= 0.6 is 39.0 Å². The summed E-state index contributed by atoms with van der Waals surface area (Å²) >= 11 is 6.13. The van der Waals surface area contributed by atoms with E-state index in [-0.39, 0.29) is 11.7 Å². The van der Waals surface area contributed by atoms with Crippen LogP contribution in [0.3, 0.4) is 0 Å². The molecule has 0 saturated heterocycles. The van der Waals surface area contributed by atoms with Gasteiger partial charge in [-0.15, -0.1) is 11.3 Å². The summed E-state index contributed by atoms with van der Waals surface area (Å²) in [7, 11) is 0. The highest BCUT2D eigenvalue weighted by molar-refractivity contribution is 9.10. The number of aromatic nitrogens is 2. The predicted molar refractivity (Wildman–Crippen MR) is 121 cm³/mol. The number of thiophene rings is 1. The fourth-order valence-corrected chi connectivity index (χ4v) is 4.51. The van der Waals surface area contributed by atoms with Gasteiger partial charge in [0.05, 0.1) is 16.8 Å². The molecule has 0 aliphatic heterocycles. The predicted octanol–water partition coefficient (Wildman–Crippen LogP) is 5.72. The number of rotatable bonds is 5. The lowest BCUT2D eigenvalue weighted by molar-refractivity contribution is -0.113. The summed E-state index contributed by atoms with van der Waals surface area (Å²) in [5.74, 6) is 0.620. The molecule has 0 aliphatic carbocycles. The summed E-state index contributed by atoms with van der Waals surface area (Å²) < 4.78 is 0.985. The minimum absolute atomic E-state index is 0.179. The minimum Gasteiger partial charge on any atom is -0.316 e. The number of halogens is 1. The second-order valence-corrected chi connectivity index (χ2v) is 8.78. The van der Waals surface area contributed by atoms with Crippen LogP contribution in [-0.4, -0.2) is 21.6 Å². The molecule has 29 heavy (non-hydrogen) atoms. The summed E-state index contributed by atoms with van der Waals surface area (Å²) in [6.07, 6.45) is 0. The van der Waals surface area contributed by atoms with Gasteiger partial charge in [-0.2, -0.15) is 5.26 Å². The molecular formula is C21H13BrN4OS2. The molecule has 0 unspecified atom stereocenters. The van der Waals surface area contributed by atoms with Crippen molar-refractivity contribution < 1.29 is 4.79 Å². The van der Waals surface area contributed by atoms with Crippen LogP contribution in [-0.2, 0) is 4.79 Å². The second kappa shape index (κ2) is 8.74. The van der Waals surface area contributed by atoms with Crippen LogP contribution in [0.4, 0.5) is 5.00 Å². The SMILES string of the molecule is N#Cc1ccsc1NC(=O)CSc1nc(-c2ccc(Br)cc2)nc2ccccc12. The van der Waals surface area contributed by atoms with Crippen LogP contribution in [0.25, 0.3) is 22.3 Å². The zero-order chi connectivity index (χ0) is 20.2. The Morgan fingerprint density at radius 3 is 2.72 bits per heavy atom. The fourth-order valence-electron chi connectivity index (χ4n) is 2.68. The molecule has 1 amide bonds. The van der Waals surface area contributed by atoms with E-state index in [0.717, 1.165) is 26.0 Å². The average Bonchev–Trinajstić information content (AvgIpc) is 3.19. The lowest BCUT2D eigenvalue weighted by Gasteiger charge is -2.09. The molecule has 4 aromatic rings. The number of hydrogen-bond donors (Lipinski definition) is 1. The van der Waals surface area contributed by atoms with Crippen LogP contribution < -0.4 is 5.32 Å². The molecule has 0 fully saturated rings. The molecule has 0 saturated carbocycles. The third-order valence-corrected chi connectivity index (χ3v) is 6.40. The number of nitriles is 1. The molecule has 2 aromatic heterocycles. The van der Waals surface area contributed by atoms with Gasteiger partial charge in [0, 0.05) is 15.4 Å². The Kier molecular flexibility index (Phi) is 5.90. The van der Waals surface area contributed by atoms with E-state index in [0.29, 0.717) is 16.4 Å². The van der Waals surface area contributed by atoms with Gasteiger partial charge >= 0.3 is 0 Å². The number of fused-ring (bicyclic) bond motifs is 1. The highest BCUT2D eigenvalue weighted by Gasteiger charge is 2.13. The summed E-state index contributed by atoms with van der Waals surface area (Å²) in [6, 6.07) is 19.3. The molecular weight excluding hydrogens is 468 g/mol. The van der Waals surface area contributed by atoms with Gasteiger partial charge < -0.3 is 5.32 Å². The number of amides is 1. The van der Waals surface area contributed by atoms with Gasteiger partial charge in [0.2, 0.25) is 5.91 Å². The van der Waals surface area contributed by atoms with Gasteiger partial charge in [-0.3, -0.25) is 4.79 Å². The van der Waals surface area contributed by atoms with E-state index >= 15 is 0 Å². The lowest BCUT2D eigenvalue weighted by Crippen LogP contribution is -2.14. The molecule has 0 atom stereocenters. The van der Waals surface area contributed by atoms with E-state index in [1.54, 1.807) is 11.4 Å². The van der Waals surface area contributed by atoms with Crippen LogP contribution in [0.1, 0.15) is 5.56 Å². The topological polar surface area (TPSA) is 78.7 Å². The van der Waals surface area contributed by atoms with Gasteiger partial charge in [-0.25, -0.2) is 9.97 Å². The van der Waals surface area contributed by atoms with Crippen molar-refractivity contribution in [2.45, 2.75) is 5.03 Å². The van der Waals surface area contributed by atoms with E-state index in [2.05, 4.69) is 32.3 Å². The molecule has 5 nitrogen and oxygen atoms in total. The van der Waals surface area contributed by atoms with Crippen molar-refractivity contribution >= 4 is 60.8 Å². The van der Waals surface area contributed by atoms with Crippen molar-refractivity contribution in [1.82, 2.24) is 9.97 Å². The smallest absolute Gasteiger partial charge is 0.235 e. The zero-order valence-corrected chi connectivity index (χ0v) is 18.1. The Hall–Kier alpha value is -2.73. The molecule has 0 radical (unpaired) electrons. The monoisotopic (exact) mass is 480 g/mol. The van der Waals surface area contributed by atoms with Crippen molar-refractivity contribution in [2.75, 3.05) is 11.1 Å². The van der Waals surface area contributed by atoms with Gasteiger partial charge in [0.15, 0.2) is 5.82 Å². The van der Waals surface area contributed by atoms with Gasteiger partial charge in [0.25, 0.3) is 0 Å². The number of para-hydroxylation sites is 1. The summed E-state index contributed by atoms with van der Waals surface area (Å²) in [6.45, 7) is 0. The number of benzene rings is 2. The quantitative estimate of drug-likeness (QED) is 0.291. The van der Waals surface area contributed by atoms with E-state index < -0.39 is 0 Å². The normalized spacial score (nSPS) is 10.6. The molecule has 4 rings (SSSR count). The molecule has 0 spiro atoms. The first-order valence-corrected chi connectivity index (χ1v) is 11.2. The number of thioether (sulfide) groups is 1. The molecule has 8 heteroatoms. The van der Waals surface area contributed by atoms with E-state index in [9.17, 15) is 4.79 Å². The number of nitrogens with one attached hydrogen (secondary N) is 1. The van der Waals surface area contributed by atoms with Gasteiger partial charge in [-0.1, -0.05) is 58.0 Å². The maximum Gasteiger partial charge on any atom is 0.235 e. The van der Waals surface area contributed by atoms with E-state index in [1.165, 1.54) is 23.1 Å². The first-order valence-electron chi connectivity index (χ1n) is 8.57. The third kappa shape index (κ3) is 4.48. The fraction of sp³-hybridized carbons (Fsp3) is 0.0476. The second-order valence-electron chi connectivity index (χ2n) is 5.99. The van der Waals surface area contributed by atoms with Crippen LogP contribution in [0.5, 0.6) is 0 Å². The minimum atomic E-state index is -0.179. The zero-order valence-electron chi connectivity index (χ0n) is 14.9. The third-order valence-electron chi connectivity index (χ3n) is 4.05. The van der Waals surface area contributed by atoms with Crippen molar-refractivity contribution in [1.29, 1.82) is 5.26 Å².